The Bertz CT molecular complexity index is 1280. The minimum Gasteiger partial charge on any atom is -0.480 e. The van der Waals surface area contributed by atoms with Crippen molar-refractivity contribution in [3.05, 3.63) is 94.3 Å². The Morgan fingerprint density at radius 1 is 0.897 bits per heavy atom. The largest absolute Gasteiger partial charge is 0.480 e. The van der Waals surface area contributed by atoms with Gasteiger partial charge in [0.25, 0.3) is 11.5 Å². The van der Waals surface area contributed by atoms with Crippen LogP contribution in [0.15, 0.2) is 77.6 Å². The number of aliphatic carboxylic acids is 1. The van der Waals surface area contributed by atoms with Gasteiger partial charge in [0.15, 0.2) is 0 Å². The second-order valence-electron chi connectivity index (χ2n) is 6.81. The molecule has 144 valence electrons. The van der Waals surface area contributed by atoms with Gasteiger partial charge in [-0.3, -0.25) is 9.59 Å². The van der Waals surface area contributed by atoms with Crippen LogP contribution in [0.1, 0.15) is 15.9 Å². The Labute approximate surface area is 165 Å². The Kier molecular flexibility index (Phi) is 4.83. The van der Waals surface area contributed by atoms with Crippen molar-refractivity contribution in [1.29, 1.82) is 0 Å². The van der Waals surface area contributed by atoms with E-state index in [0.717, 1.165) is 16.3 Å². The maximum absolute atomic E-state index is 12.7. The lowest BCUT2D eigenvalue weighted by Gasteiger charge is -2.15. The van der Waals surface area contributed by atoms with Gasteiger partial charge in [0.2, 0.25) is 0 Å². The van der Waals surface area contributed by atoms with Crippen molar-refractivity contribution in [3.63, 3.8) is 0 Å². The molecule has 0 saturated heterocycles. The maximum Gasteiger partial charge on any atom is 0.326 e. The van der Waals surface area contributed by atoms with Crippen molar-refractivity contribution in [2.75, 3.05) is 0 Å². The lowest BCUT2D eigenvalue weighted by atomic mass is 10.0. The summed E-state index contributed by atoms with van der Waals surface area (Å²) in [5.74, 6) is -1.62. The zero-order valence-corrected chi connectivity index (χ0v) is 15.4. The number of amides is 1. The number of hydrogen-bond donors (Lipinski definition) is 3. The van der Waals surface area contributed by atoms with Crippen molar-refractivity contribution < 1.29 is 14.7 Å². The predicted octanol–water partition coefficient (Wildman–Crippen LogP) is 3.11. The predicted molar refractivity (Wildman–Crippen MR) is 111 cm³/mol. The monoisotopic (exact) mass is 386 g/mol. The molecular formula is C23H18N2O4. The van der Waals surface area contributed by atoms with E-state index in [1.165, 1.54) is 0 Å². The molecule has 1 heterocycles. The van der Waals surface area contributed by atoms with Gasteiger partial charge in [-0.25, -0.2) is 4.79 Å². The highest BCUT2D eigenvalue weighted by atomic mass is 16.4. The Morgan fingerprint density at radius 2 is 1.59 bits per heavy atom. The lowest BCUT2D eigenvalue weighted by molar-refractivity contribution is -0.139. The minimum atomic E-state index is -1.11. The van der Waals surface area contributed by atoms with Crippen molar-refractivity contribution >= 4 is 33.6 Å². The van der Waals surface area contributed by atoms with Gasteiger partial charge in [0.05, 0.1) is 0 Å². The van der Waals surface area contributed by atoms with Crippen molar-refractivity contribution in [2.45, 2.75) is 12.5 Å². The summed E-state index contributed by atoms with van der Waals surface area (Å²) >= 11 is 0. The number of carboxylic acid groups (broad SMARTS) is 1. The molecule has 0 aliphatic heterocycles. The third-order valence-corrected chi connectivity index (χ3v) is 4.88. The van der Waals surface area contributed by atoms with Crippen LogP contribution in [0.5, 0.6) is 0 Å². The van der Waals surface area contributed by atoms with E-state index < -0.39 is 17.9 Å². The van der Waals surface area contributed by atoms with E-state index >= 15 is 0 Å². The summed E-state index contributed by atoms with van der Waals surface area (Å²) in [4.78, 5) is 39.4. The SMILES string of the molecule is O=C(NC(Cc1ccccc1)C(=O)O)c1ccc2c(c1)[nH]c(=O)c1ccccc12. The van der Waals surface area contributed by atoms with Crippen LogP contribution in [0.3, 0.4) is 0 Å². The average Bonchev–Trinajstić information content (AvgIpc) is 2.73. The van der Waals surface area contributed by atoms with Crippen LogP contribution in [0.25, 0.3) is 21.7 Å². The fourth-order valence-corrected chi connectivity index (χ4v) is 3.42. The number of fused-ring (bicyclic) bond motifs is 3. The maximum atomic E-state index is 12.7. The smallest absolute Gasteiger partial charge is 0.326 e. The normalized spacial score (nSPS) is 12.0. The molecule has 0 saturated carbocycles. The number of hydrogen-bond acceptors (Lipinski definition) is 3. The molecule has 1 atom stereocenters. The van der Waals surface area contributed by atoms with E-state index in [4.69, 9.17) is 0 Å². The third kappa shape index (κ3) is 3.73. The number of nitrogens with one attached hydrogen (secondary N) is 2. The van der Waals surface area contributed by atoms with Gasteiger partial charge >= 0.3 is 5.97 Å². The first kappa shape index (κ1) is 18.4. The van der Waals surface area contributed by atoms with Crippen molar-refractivity contribution in [1.82, 2.24) is 10.3 Å². The number of pyridine rings is 1. The number of benzene rings is 3. The topological polar surface area (TPSA) is 99.3 Å². The zero-order valence-electron chi connectivity index (χ0n) is 15.4. The molecule has 0 radical (unpaired) electrons. The number of aromatic nitrogens is 1. The summed E-state index contributed by atoms with van der Waals surface area (Å²) in [5, 5.41) is 14.2. The first-order valence-electron chi connectivity index (χ1n) is 9.15. The van der Waals surface area contributed by atoms with Gasteiger partial charge in [0.1, 0.15) is 6.04 Å². The van der Waals surface area contributed by atoms with Gasteiger partial charge < -0.3 is 15.4 Å². The standard InChI is InChI=1S/C23H18N2O4/c26-21(25-20(23(28)29)12-14-6-2-1-3-7-14)15-10-11-17-16-8-4-5-9-18(16)22(27)24-19(17)13-15/h1-11,13,20H,12H2,(H,24,27)(H,25,26)(H,28,29). The number of carbonyl (C=O) groups excluding carboxylic acids is 1. The molecule has 1 aromatic heterocycles. The van der Waals surface area contributed by atoms with Crippen LogP contribution >= 0.6 is 0 Å². The van der Waals surface area contributed by atoms with E-state index in [1.807, 2.05) is 42.5 Å². The Balaban J connectivity index is 1.64. The zero-order chi connectivity index (χ0) is 20.4. The van der Waals surface area contributed by atoms with Crippen LogP contribution in [0, 0.1) is 0 Å². The molecule has 29 heavy (non-hydrogen) atoms. The van der Waals surface area contributed by atoms with E-state index in [1.54, 1.807) is 30.3 Å². The molecule has 3 aromatic carbocycles. The summed E-state index contributed by atoms with van der Waals surface area (Å²) in [6.45, 7) is 0. The van der Waals surface area contributed by atoms with Crippen LogP contribution in [0.4, 0.5) is 0 Å². The Morgan fingerprint density at radius 3 is 2.31 bits per heavy atom. The number of aromatic amines is 1. The quantitative estimate of drug-likeness (QED) is 0.459. The molecule has 1 amide bonds. The third-order valence-electron chi connectivity index (χ3n) is 4.88. The second kappa shape index (κ2) is 7.59. The highest BCUT2D eigenvalue weighted by molar-refractivity contribution is 6.07. The summed E-state index contributed by atoms with van der Waals surface area (Å²) in [7, 11) is 0. The van der Waals surface area contributed by atoms with Gasteiger partial charge in [-0.1, -0.05) is 54.6 Å². The molecule has 0 aliphatic rings. The van der Waals surface area contributed by atoms with Crippen molar-refractivity contribution in [3.8, 4) is 0 Å². The molecule has 6 nitrogen and oxygen atoms in total. The second-order valence-corrected chi connectivity index (χ2v) is 6.81. The number of carboxylic acids is 1. The van der Waals surface area contributed by atoms with Gasteiger partial charge in [-0.15, -0.1) is 0 Å². The molecule has 0 spiro atoms. The van der Waals surface area contributed by atoms with E-state index in [9.17, 15) is 19.5 Å². The lowest BCUT2D eigenvalue weighted by Crippen LogP contribution is -2.42. The van der Waals surface area contributed by atoms with Crippen molar-refractivity contribution in [2.24, 2.45) is 0 Å². The number of H-pyrrole nitrogens is 1. The minimum absolute atomic E-state index is 0.178. The highest BCUT2D eigenvalue weighted by Gasteiger charge is 2.21. The van der Waals surface area contributed by atoms with E-state index in [-0.39, 0.29) is 17.5 Å². The molecule has 0 aliphatic carbocycles. The number of rotatable bonds is 5. The fourth-order valence-electron chi connectivity index (χ4n) is 3.42. The average molecular weight is 386 g/mol. The van der Waals surface area contributed by atoms with Gasteiger partial charge in [0, 0.05) is 28.3 Å². The molecule has 1 unspecified atom stereocenters. The number of carbonyl (C=O) groups is 2. The van der Waals surface area contributed by atoms with Crippen LogP contribution in [-0.4, -0.2) is 28.0 Å². The summed E-state index contributed by atoms with van der Waals surface area (Å²) in [6.07, 6.45) is 0.178. The molecule has 0 bridgehead atoms. The Hall–Kier alpha value is -3.93. The molecule has 4 aromatic rings. The van der Waals surface area contributed by atoms with Crippen LogP contribution in [-0.2, 0) is 11.2 Å². The fraction of sp³-hybridized carbons (Fsp3) is 0.0870. The highest BCUT2D eigenvalue weighted by Crippen LogP contribution is 2.22. The molecule has 4 rings (SSSR count). The first-order chi connectivity index (χ1) is 14.0. The molecular weight excluding hydrogens is 368 g/mol. The summed E-state index contributed by atoms with van der Waals surface area (Å²) < 4.78 is 0. The van der Waals surface area contributed by atoms with Gasteiger partial charge in [-0.2, -0.15) is 0 Å². The van der Waals surface area contributed by atoms with Gasteiger partial charge in [-0.05, 0) is 29.1 Å². The molecule has 6 heteroatoms. The van der Waals surface area contributed by atoms with E-state index in [0.29, 0.717) is 10.9 Å². The van der Waals surface area contributed by atoms with Crippen LogP contribution < -0.4 is 10.9 Å². The van der Waals surface area contributed by atoms with E-state index in [2.05, 4.69) is 10.3 Å². The van der Waals surface area contributed by atoms with Crippen LogP contribution in [0.2, 0.25) is 0 Å². The summed E-state index contributed by atoms with van der Waals surface area (Å²) in [6, 6.07) is 20.3. The molecule has 0 fully saturated rings. The molecule has 3 N–H and O–H groups in total. The summed E-state index contributed by atoms with van der Waals surface area (Å²) in [5.41, 5.74) is 1.38. The first-order valence-corrected chi connectivity index (χ1v) is 9.15.